The van der Waals surface area contributed by atoms with Crippen LogP contribution in [0.2, 0.25) is 0 Å². The number of allylic oxidation sites excluding steroid dienone is 3. The molecule has 1 saturated heterocycles. The van der Waals surface area contributed by atoms with Crippen molar-refractivity contribution in [3.05, 3.63) is 47.4 Å². The van der Waals surface area contributed by atoms with Crippen LogP contribution >= 0.6 is 11.6 Å². The number of hydrogen-bond donors (Lipinski definition) is 4. The highest BCUT2D eigenvalue weighted by atomic mass is 35.5. The van der Waals surface area contributed by atoms with E-state index in [-0.39, 0.29) is 24.5 Å². The lowest BCUT2D eigenvalue weighted by molar-refractivity contribution is -0.150. The van der Waals surface area contributed by atoms with E-state index < -0.39 is 53.3 Å². The summed E-state index contributed by atoms with van der Waals surface area (Å²) in [5.74, 6) is -3.01. The zero-order valence-electron chi connectivity index (χ0n) is 21.4. The van der Waals surface area contributed by atoms with E-state index in [9.17, 15) is 24.3 Å². The Morgan fingerprint density at radius 1 is 1.24 bits per heavy atom. The van der Waals surface area contributed by atoms with Crippen molar-refractivity contribution in [3.8, 4) is 0 Å². The third kappa shape index (κ3) is 8.45. The van der Waals surface area contributed by atoms with Gasteiger partial charge < -0.3 is 31.1 Å². The van der Waals surface area contributed by atoms with Gasteiger partial charge in [0.25, 0.3) is 5.91 Å². The molecule has 0 radical (unpaired) electrons. The average Bonchev–Trinajstić information content (AvgIpc) is 3.24. The number of ether oxygens (including phenoxy) is 1. The van der Waals surface area contributed by atoms with Crippen molar-refractivity contribution in [3.63, 3.8) is 0 Å². The van der Waals surface area contributed by atoms with Crippen molar-refractivity contribution in [1.82, 2.24) is 25.5 Å². The van der Waals surface area contributed by atoms with Crippen LogP contribution < -0.4 is 16.4 Å². The predicted octanol–water partition coefficient (Wildman–Crippen LogP) is 1.14. The van der Waals surface area contributed by atoms with Crippen LogP contribution in [-0.2, 0) is 19.1 Å². The molecule has 0 bridgehead atoms. The number of likely N-dealkylation sites (tertiary alicyclic amines) is 1. The average molecular weight is 537 g/mol. The van der Waals surface area contributed by atoms with Crippen molar-refractivity contribution in [2.75, 3.05) is 6.54 Å². The molecule has 3 amide bonds. The highest BCUT2D eigenvalue weighted by Crippen LogP contribution is 2.28. The van der Waals surface area contributed by atoms with Crippen LogP contribution in [0, 0.1) is 5.41 Å². The van der Waals surface area contributed by atoms with Gasteiger partial charge in [-0.05, 0) is 31.4 Å². The first-order valence-electron chi connectivity index (χ1n) is 11.6. The topological polar surface area (TPSA) is 177 Å². The molecule has 2 rings (SSSR count). The molecular weight excluding hydrogens is 504 g/mol. The molecule has 12 nitrogen and oxygen atoms in total. The standard InChI is InChI=1S/C24H33ClN6O6/c1-13(25)6-7-18(26)37-15-10-17(23(35)36)31(12-15)22(34)19(24(3,4)5)30-20(32)14(2)29-21(33)16-11-27-8-9-28-16/h6-9,11,14-15,17,19H,10,12,26H2,1-5H3,(H,29,33)(H,30,32)(H,35,36)/b13-6+,18-7+/t14-,15?,17-,19+/m0/s1. The quantitative estimate of drug-likeness (QED) is 0.266. The number of carboxylic acids is 1. The predicted molar refractivity (Wildman–Crippen MR) is 135 cm³/mol. The van der Waals surface area contributed by atoms with Crippen molar-refractivity contribution < 1.29 is 29.0 Å². The molecule has 5 N–H and O–H groups in total. The second kappa shape index (κ2) is 12.5. The monoisotopic (exact) mass is 536 g/mol. The summed E-state index contributed by atoms with van der Waals surface area (Å²) >= 11 is 5.78. The van der Waals surface area contributed by atoms with Crippen LogP contribution in [0.15, 0.2) is 41.7 Å². The maximum absolute atomic E-state index is 13.6. The minimum absolute atomic E-state index is 0.00850. The van der Waals surface area contributed by atoms with Gasteiger partial charge in [-0.3, -0.25) is 19.4 Å². The third-order valence-electron chi connectivity index (χ3n) is 5.55. The summed E-state index contributed by atoms with van der Waals surface area (Å²) in [7, 11) is 0. The fraction of sp³-hybridized carbons (Fsp3) is 0.500. The fourth-order valence-electron chi connectivity index (χ4n) is 3.62. The van der Waals surface area contributed by atoms with Crippen molar-refractivity contribution in [2.24, 2.45) is 11.1 Å². The molecule has 1 aliphatic rings. The number of nitrogens with zero attached hydrogens (tertiary/aromatic N) is 3. The number of aromatic nitrogens is 2. The van der Waals surface area contributed by atoms with Gasteiger partial charge in [0.15, 0.2) is 5.88 Å². The van der Waals surface area contributed by atoms with E-state index in [1.807, 2.05) is 0 Å². The minimum atomic E-state index is -1.21. The number of carboxylic acid groups (broad SMARTS) is 1. The van der Waals surface area contributed by atoms with E-state index >= 15 is 0 Å². The minimum Gasteiger partial charge on any atom is -0.480 e. The first-order chi connectivity index (χ1) is 17.2. The summed E-state index contributed by atoms with van der Waals surface area (Å²) in [5.41, 5.74) is 5.08. The van der Waals surface area contributed by atoms with Crippen molar-refractivity contribution in [2.45, 2.75) is 65.3 Å². The molecule has 4 atom stereocenters. The molecule has 1 aromatic heterocycles. The largest absolute Gasteiger partial charge is 0.480 e. The lowest BCUT2D eigenvalue weighted by Crippen LogP contribution is -2.59. The van der Waals surface area contributed by atoms with Crippen molar-refractivity contribution >= 4 is 35.3 Å². The van der Waals surface area contributed by atoms with Gasteiger partial charge in [-0.1, -0.05) is 32.4 Å². The Kier molecular flexibility index (Phi) is 10.0. The van der Waals surface area contributed by atoms with Crippen LogP contribution in [0.5, 0.6) is 0 Å². The Morgan fingerprint density at radius 2 is 1.92 bits per heavy atom. The molecule has 1 aliphatic heterocycles. The summed E-state index contributed by atoms with van der Waals surface area (Å²) in [6, 6.07) is -3.28. The lowest BCUT2D eigenvalue weighted by atomic mass is 9.85. The first-order valence-corrected chi connectivity index (χ1v) is 11.9. The Hall–Kier alpha value is -3.67. The van der Waals surface area contributed by atoms with Crippen LogP contribution in [-0.4, -0.2) is 74.4 Å². The third-order valence-corrected chi connectivity index (χ3v) is 5.67. The number of nitrogens with one attached hydrogen (secondary N) is 2. The molecule has 0 spiro atoms. The maximum atomic E-state index is 13.6. The summed E-state index contributed by atoms with van der Waals surface area (Å²) in [4.78, 5) is 59.7. The van der Waals surface area contributed by atoms with Gasteiger partial charge >= 0.3 is 5.97 Å². The second-order valence-corrected chi connectivity index (χ2v) is 10.3. The van der Waals surface area contributed by atoms with Gasteiger partial charge in [-0.25, -0.2) is 9.78 Å². The van der Waals surface area contributed by atoms with Gasteiger partial charge in [0.2, 0.25) is 11.8 Å². The number of carbonyl (C=O) groups excluding carboxylic acids is 3. The molecule has 0 aliphatic carbocycles. The summed E-state index contributed by atoms with van der Waals surface area (Å²) in [6.07, 6.45) is 6.32. The van der Waals surface area contributed by atoms with Gasteiger partial charge in [-0.2, -0.15) is 0 Å². The number of nitrogens with two attached hydrogens (primary N) is 1. The summed E-state index contributed by atoms with van der Waals surface area (Å²) in [6.45, 7) is 8.28. The van der Waals surface area contributed by atoms with Crippen LogP contribution in [0.4, 0.5) is 0 Å². The number of amides is 3. The normalized spacial score (nSPS) is 20.1. The zero-order chi connectivity index (χ0) is 27.9. The van der Waals surface area contributed by atoms with E-state index in [0.29, 0.717) is 5.03 Å². The molecule has 13 heteroatoms. The summed E-state index contributed by atoms with van der Waals surface area (Å²) in [5, 5.41) is 15.4. The van der Waals surface area contributed by atoms with Gasteiger partial charge in [0, 0.05) is 23.8 Å². The van der Waals surface area contributed by atoms with Crippen LogP contribution in [0.25, 0.3) is 0 Å². The van der Waals surface area contributed by atoms with E-state index in [4.69, 9.17) is 22.1 Å². The number of rotatable bonds is 9. The Bertz CT molecular complexity index is 1070. The van der Waals surface area contributed by atoms with Gasteiger partial charge in [-0.15, -0.1) is 0 Å². The summed E-state index contributed by atoms with van der Waals surface area (Å²) < 4.78 is 5.63. The SMILES string of the molecule is C/C(Cl)=C\C=C(/N)OC1C[C@@H](C(=O)O)N(C(=O)[C@@H](NC(=O)[C@H](C)NC(=O)c2cnccn2)C(C)(C)C)C1. The number of halogens is 1. The molecule has 37 heavy (non-hydrogen) atoms. The van der Waals surface area contributed by atoms with E-state index in [0.717, 1.165) is 0 Å². The Balaban J connectivity index is 2.16. The number of carbonyl (C=O) groups is 4. The number of hydrogen-bond acceptors (Lipinski definition) is 8. The maximum Gasteiger partial charge on any atom is 0.326 e. The second-order valence-electron chi connectivity index (χ2n) is 9.74. The molecule has 1 aromatic rings. The molecule has 0 saturated carbocycles. The molecule has 202 valence electrons. The van der Waals surface area contributed by atoms with Crippen molar-refractivity contribution in [1.29, 1.82) is 0 Å². The molecule has 0 aromatic carbocycles. The first kappa shape index (κ1) is 29.6. The van der Waals surface area contributed by atoms with E-state index in [1.165, 1.54) is 42.6 Å². The molecular formula is C24H33ClN6O6. The lowest BCUT2D eigenvalue weighted by Gasteiger charge is -2.35. The van der Waals surface area contributed by atoms with Crippen LogP contribution in [0.3, 0.4) is 0 Å². The number of aliphatic carboxylic acids is 1. The zero-order valence-corrected chi connectivity index (χ0v) is 22.2. The van der Waals surface area contributed by atoms with E-state index in [1.54, 1.807) is 27.7 Å². The smallest absolute Gasteiger partial charge is 0.326 e. The molecule has 1 fully saturated rings. The van der Waals surface area contributed by atoms with Gasteiger partial charge in [0.1, 0.15) is 29.9 Å². The Morgan fingerprint density at radius 3 is 2.46 bits per heavy atom. The highest BCUT2D eigenvalue weighted by molar-refractivity contribution is 6.29. The van der Waals surface area contributed by atoms with Gasteiger partial charge in [0.05, 0.1) is 12.7 Å². The molecule has 2 heterocycles. The van der Waals surface area contributed by atoms with E-state index in [2.05, 4.69) is 20.6 Å². The molecule has 1 unspecified atom stereocenters. The van der Waals surface area contributed by atoms with Crippen LogP contribution in [0.1, 0.15) is 51.5 Å². The fourth-order valence-corrected chi connectivity index (χ4v) is 3.69. The highest BCUT2D eigenvalue weighted by Gasteiger charge is 2.46. The Labute approximate surface area is 220 Å².